The lowest BCUT2D eigenvalue weighted by atomic mass is 10.0. The molecule has 35 heavy (non-hydrogen) atoms. The van der Waals surface area contributed by atoms with Crippen molar-refractivity contribution in [2.75, 3.05) is 31.1 Å². The van der Waals surface area contributed by atoms with E-state index in [9.17, 15) is 19.3 Å². The van der Waals surface area contributed by atoms with Crippen LogP contribution in [0.5, 0.6) is 0 Å². The van der Waals surface area contributed by atoms with E-state index in [1.54, 1.807) is 23.1 Å². The van der Waals surface area contributed by atoms with E-state index in [0.717, 1.165) is 16.6 Å². The fraction of sp³-hybridized carbons (Fsp3) is 0.320. The molecule has 1 atom stereocenters. The van der Waals surface area contributed by atoms with Crippen molar-refractivity contribution in [2.24, 2.45) is 0 Å². The fourth-order valence-electron chi connectivity index (χ4n) is 4.71. The number of pyridine rings is 2. The summed E-state index contributed by atoms with van der Waals surface area (Å²) in [6.45, 7) is 11.2. The lowest BCUT2D eigenvalue weighted by Crippen LogP contribution is -2.48. The molecule has 0 saturated carbocycles. The molecule has 9 nitrogen and oxygen atoms in total. The summed E-state index contributed by atoms with van der Waals surface area (Å²) in [5.41, 5.74) is 0.275. The van der Waals surface area contributed by atoms with Crippen molar-refractivity contribution in [1.82, 2.24) is 14.5 Å². The zero-order valence-corrected chi connectivity index (χ0v) is 19.1. The van der Waals surface area contributed by atoms with Gasteiger partial charge in [0.2, 0.25) is 5.52 Å². The molecule has 1 aliphatic rings. The van der Waals surface area contributed by atoms with Crippen LogP contribution in [-0.2, 0) is 6.54 Å². The Morgan fingerprint density at radius 1 is 1.23 bits per heavy atom. The maximum absolute atomic E-state index is 13.4. The molecule has 2 aromatic heterocycles. The van der Waals surface area contributed by atoms with Gasteiger partial charge in [-0.05, 0) is 36.2 Å². The second-order valence-electron chi connectivity index (χ2n) is 8.20. The van der Waals surface area contributed by atoms with Crippen LogP contribution in [0.15, 0.2) is 41.2 Å². The van der Waals surface area contributed by atoms with Gasteiger partial charge in [0.25, 0.3) is 5.82 Å². The Hall–Kier alpha value is -4.28. The van der Waals surface area contributed by atoms with Crippen molar-refractivity contribution >= 4 is 28.2 Å². The Morgan fingerprint density at radius 2 is 1.91 bits per heavy atom. The van der Waals surface area contributed by atoms with Gasteiger partial charge in [-0.25, -0.2) is 4.39 Å². The zero-order chi connectivity index (χ0) is 25.1. The predicted octanol–water partition coefficient (Wildman–Crippen LogP) is 3.90. The van der Waals surface area contributed by atoms with Gasteiger partial charge in [0.1, 0.15) is 5.82 Å². The molecule has 4 rings (SSSR count). The SMILES string of the molecule is [C-]#[N+]c1ccc2c(n1)c(N1CCN(C(CC)c3ccc(F)cc3)CC1)c([N+](=O)[O-])c(=O)n2CC#C. The Morgan fingerprint density at radius 3 is 2.49 bits per heavy atom. The summed E-state index contributed by atoms with van der Waals surface area (Å²) in [6, 6.07) is 9.51. The first-order chi connectivity index (χ1) is 16.9. The smallest absolute Gasteiger partial charge is 0.361 e. The van der Waals surface area contributed by atoms with Gasteiger partial charge in [-0.1, -0.05) is 31.5 Å². The molecule has 0 radical (unpaired) electrons. The lowest BCUT2D eigenvalue weighted by molar-refractivity contribution is -0.385. The highest BCUT2D eigenvalue weighted by Gasteiger charge is 2.34. The molecule has 3 aromatic rings. The summed E-state index contributed by atoms with van der Waals surface area (Å²) < 4.78 is 14.5. The Bertz CT molecular complexity index is 1410. The molecule has 178 valence electrons. The van der Waals surface area contributed by atoms with Gasteiger partial charge >= 0.3 is 11.2 Å². The van der Waals surface area contributed by atoms with Gasteiger partial charge < -0.3 is 9.74 Å². The second kappa shape index (κ2) is 9.92. The number of rotatable bonds is 6. The minimum atomic E-state index is -0.798. The Balaban J connectivity index is 1.75. The number of piperazine rings is 1. The number of anilines is 1. The van der Waals surface area contributed by atoms with Crippen molar-refractivity contribution in [3.8, 4) is 12.3 Å². The maximum atomic E-state index is 13.4. The lowest BCUT2D eigenvalue weighted by Gasteiger charge is -2.39. The highest BCUT2D eigenvalue weighted by Crippen LogP contribution is 2.35. The topological polar surface area (TPSA) is 88.9 Å². The summed E-state index contributed by atoms with van der Waals surface area (Å²) in [5.74, 6) is 2.14. The molecule has 10 heteroatoms. The molecule has 1 saturated heterocycles. The first-order valence-corrected chi connectivity index (χ1v) is 11.2. The van der Waals surface area contributed by atoms with E-state index in [1.165, 1.54) is 18.2 Å². The molecule has 1 unspecified atom stereocenters. The van der Waals surface area contributed by atoms with Gasteiger partial charge in [-0.3, -0.25) is 24.4 Å². The van der Waals surface area contributed by atoms with Crippen LogP contribution in [-0.4, -0.2) is 45.6 Å². The third-order valence-corrected chi connectivity index (χ3v) is 6.31. The monoisotopic (exact) mass is 474 g/mol. The molecule has 1 aliphatic heterocycles. The molecule has 3 heterocycles. The number of hydrogen-bond acceptors (Lipinski definition) is 6. The van der Waals surface area contributed by atoms with Crippen molar-refractivity contribution in [3.05, 3.63) is 79.7 Å². The number of aromatic nitrogens is 2. The van der Waals surface area contributed by atoms with Crippen LogP contribution in [0.3, 0.4) is 0 Å². The average molecular weight is 474 g/mol. The maximum Gasteiger partial charge on any atom is 0.361 e. The van der Waals surface area contributed by atoms with E-state index in [1.807, 2.05) is 0 Å². The van der Waals surface area contributed by atoms with Crippen LogP contribution in [0.25, 0.3) is 15.9 Å². The van der Waals surface area contributed by atoms with E-state index in [-0.39, 0.29) is 35.4 Å². The highest BCUT2D eigenvalue weighted by atomic mass is 19.1. The normalized spacial score (nSPS) is 14.9. The van der Waals surface area contributed by atoms with Gasteiger partial charge in [0.05, 0.1) is 17.0 Å². The number of hydrogen-bond donors (Lipinski definition) is 0. The molecule has 0 bridgehead atoms. The molecular formula is C25H23FN6O3. The van der Waals surface area contributed by atoms with Crippen molar-refractivity contribution in [3.63, 3.8) is 0 Å². The second-order valence-corrected chi connectivity index (χ2v) is 8.20. The summed E-state index contributed by atoms with van der Waals surface area (Å²) >= 11 is 0. The van der Waals surface area contributed by atoms with Crippen LogP contribution in [0.1, 0.15) is 24.9 Å². The molecule has 1 fully saturated rings. The van der Waals surface area contributed by atoms with E-state index in [4.69, 9.17) is 13.0 Å². The van der Waals surface area contributed by atoms with Crippen LogP contribution in [0.4, 0.5) is 21.6 Å². The predicted molar refractivity (Wildman–Crippen MR) is 131 cm³/mol. The first-order valence-electron chi connectivity index (χ1n) is 11.2. The summed E-state index contributed by atoms with van der Waals surface area (Å²) in [4.78, 5) is 36.2. The van der Waals surface area contributed by atoms with Crippen LogP contribution >= 0.6 is 0 Å². The number of nitro groups is 1. The van der Waals surface area contributed by atoms with Gasteiger partial charge in [0.15, 0.2) is 5.69 Å². The quantitative estimate of drug-likeness (QED) is 0.233. The fourth-order valence-corrected chi connectivity index (χ4v) is 4.71. The van der Waals surface area contributed by atoms with Gasteiger partial charge in [-0.2, -0.15) is 0 Å². The Labute approximate surface area is 201 Å². The standard InChI is InChI=1S/C25H23FN6O3/c1-4-12-31-20-10-11-21(27-3)28-22(20)23(24(25(31)33)32(34)35)30-15-13-29(14-16-30)19(5-2)17-6-8-18(26)9-7-17/h1,6-11,19H,5,12-16H2,2H3. The third-order valence-electron chi connectivity index (χ3n) is 6.31. The van der Waals surface area contributed by atoms with Crippen LogP contribution in [0, 0.1) is 34.8 Å². The van der Waals surface area contributed by atoms with Crippen molar-refractivity contribution in [2.45, 2.75) is 25.9 Å². The highest BCUT2D eigenvalue weighted by molar-refractivity contribution is 5.94. The molecule has 0 N–H and O–H groups in total. The van der Waals surface area contributed by atoms with Crippen LogP contribution in [0.2, 0.25) is 0 Å². The summed E-state index contributed by atoms with van der Waals surface area (Å²) in [5, 5.41) is 12.1. The molecule has 0 amide bonds. The number of benzene rings is 1. The average Bonchev–Trinajstić information content (AvgIpc) is 2.87. The molecular weight excluding hydrogens is 451 g/mol. The largest absolute Gasteiger partial charge is 0.361 e. The van der Waals surface area contributed by atoms with Crippen molar-refractivity contribution < 1.29 is 9.31 Å². The number of halogens is 1. The van der Waals surface area contributed by atoms with E-state index in [2.05, 4.69) is 27.6 Å². The van der Waals surface area contributed by atoms with E-state index in [0.29, 0.717) is 31.7 Å². The number of nitrogens with zero attached hydrogens (tertiary/aromatic N) is 6. The molecule has 0 aliphatic carbocycles. The van der Waals surface area contributed by atoms with Gasteiger partial charge in [-0.15, -0.1) is 11.4 Å². The van der Waals surface area contributed by atoms with E-state index < -0.39 is 16.2 Å². The number of terminal acetylenes is 1. The first kappa shape index (κ1) is 23.9. The minimum Gasteiger partial charge on any atom is -0.361 e. The summed E-state index contributed by atoms with van der Waals surface area (Å²) in [7, 11) is 0. The Kier molecular flexibility index (Phi) is 6.76. The molecule has 1 aromatic carbocycles. The van der Waals surface area contributed by atoms with Crippen molar-refractivity contribution in [1.29, 1.82) is 0 Å². The zero-order valence-electron chi connectivity index (χ0n) is 19.1. The number of fused-ring (bicyclic) bond motifs is 1. The molecule has 0 spiro atoms. The summed E-state index contributed by atoms with van der Waals surface area (Å²) in [6.07, 6.45) is 6.22. The minimum absolute atomic E-state index is 0.0694. The van der Waals surface area contributed by atoms with E-state index >= 15 is 0 Å². The van der Waals surface area contributed by atoms with Crippen LogP contribution < -0.4 is 10.5 Å². The third kappa shape index (κ3) is 4.44. The van der Waals surface area contributed by atoms with Gasteiger partial charge in [0, 0.05) is 32.2 Å².